The summed E-state index contributed by atoms with van der Waals surface area (Å²) in [4.78, 5) is 15.7. The summed E-state index contributed by atoms with van der Waals surface area (Å²) in [7, 11) is 1.86. The van der Waals surface area contributed by atoms with Gasteiger partial charge in [0.2, 0.25) is 5.95 Å². The highest BCUT2D eigenvalue weighted by Gasteiger charge is 2.03. The summed E-state index contributed by atoms with van der Waals surface area (Å²) in [6.45, 7) is 0.568. The molecule has 0 aliphatic carbocycles. The van der Waals surface area contributed by atoms with E-state index < -0.39 is 0 Å². The van der Waals surface area contributed by atoms with Crippen LogP contribution in [-0.2, 0) is 13.6 Å². The molecule has 2 N–H and O–H groups in total. The number of nitrogens with zero attached hydrogens (tertiary/aromatic N) is 5. The second-order valence-electron chi connectivity index (χ2n) is 3.62. The highest BCUT2D eigenvalue weighted by molar-refractivity contribution is 5.73. The van der Waals surface area contributed by atoms with Crippen LogP contribution in [0.25, 0.3) is 11.0 Å². The Morgan fingerprint density at radius 3 is 3.12 bits per heavy atom. The van der Waals surface area contributed by atoms with Gasteiger partial charge in [-0.25, -0.2) is 15.0 Å². The summed E-state index contributed by atoms with van der Waals surface area (Å²) in [5.41, 5.74) is 1.73. The number of hydrogen-bond acceptors (Lipinski definition) is 5. The summed E-state index contributed by atoms with van der Waals surface area (Å²) >= 11 is 0. The Balaban J connectivity index is 1.81. The van der Waals surface area contributed by atoms with Crippen molar-refractivity contribution in [3.63, 3.8) is 0 Å². The van der Waals surface area contributed by atoms with Gasteiger partial charge in [0.05, 0.1) is 18.9 Å². The number of nitrogens with one attached hydrogen (secondary N) is 2. The molecule has 0 aromatic carbocycles. The Morgan fingerprint density at radius 1 is 1.35 bits per heavy atom. The van der Waals surface area contributed by atoms with Crippen molar-refractivity contribution in [2.24, 2.45) is 7.05 Å². The molecule has 0 spiro atoms. The van der Waals surface area contributed by atoms with Crippen LogP contribution >= 0.6 is 0 Å². The van der Waals surface area contributed by atoms with E-state index in [9.17, 15) is 0 Å². The Labute approximate surface area is 96.9 Å². The Hall–Kier alpha value is -2.44. The zero-order chi connectivity index (χ0) is 11.7. The summed E-state index contributed by atoms with van der Waals surface area (Å²) in [6, 6.07) is 0. The molecule has 3 aromatic heterocycles. The van der Waals surface area contributed by atoms with Crippen molar-refractivity contribution in [1.82, 2.24) is 29.7 Å². The molecule has 7 nitrogen and oxygen atoms in total. The molecule has 86 valence electrons. The average molecular weight is 229 g/mol. The second-order valence-corrected chi connectivity index (χ2v) is 3.62. The van der Waals surface area contributed by atoms with Crippen molar-refractivity contribution in [3.05, 3.63) is 30.6 Å². The van der Waals surface area contributed by atoms with Crippen LogP contribution in [0, 0.1) is 0 Å². The van der Waals surface area contributed by atoms with E-state index in [-0.39, 0.29) is 0 Å². The standard InChI is InChI=1S/C10H11N7/c1-17-8-5-13-10(16-7(8)4-15-17)14-6-9-11-2-3-12-9/h2-5H,6H2,1H3,(H,11,12)(H,13,14,16). The second kappa shape index (κ2) is 3.85. The van der Waals surface area contributed by atoms with Gasteiger partial charge in [-0.3, -0.25) is 4.68 Å². The minimum Gasteiger partial charge on any atom is -0.347 e. The van der Waals surface area contributed by atoms with Crippen molar-refractivity contribution >= 4 is 17.0 Å². The number of imidazole rings is 1. The van der Waals surface area contributed by atoms with Crippen LogP contribution in [0.2, 0.25) is 0 Å². The van der Waals surface area contributed by atoms with E-state index in [1.807, 2.05) is 7.05 Å². The van der Waals surface area contributed by atoms with Crippen molar-refractivity contribution < 1.29 is 0 Å². The lowest BCUT2D eigenvalue weighted by atomic mass is 10.5. The molecule has 0 aliphatic rings. The molecule has 0 radical (unpaired) electrons. The van der Waals surface area contributed by atoms with Crippen molar-refractivity contribution in [2.75, 3.05) is 5.32 Å². The minimum atomic E-state index is 0.568. The minimum absolute atomic E-state index is 0.568. The van der Waals surface area contributed by atoms with Gasteiger partial charge >= 0.3 is 0 Å². The van der Waals surface area contributed by atoms with E-state index in [2.05, 4.69) is 30.4 Å². The van der Waals surface area contributed by atoms with Crippen LogP contribution in [-0.4, -0.2) is 29.7 Å². The molecule has 0 bridgehead atoms. The lowest BCUT2D eigenvalue weighted by Gasteiger charge is -2.02. The smallest absolute Gasteiger partial charge is 0.223 e. The van der Waals surface area contributed by atoms with E-state index >= 15 is 0 Å². The predicted molar refractivity (Wildman–Crippen MR) is 62.2 cm³/mol. The predicted octanol–water partition coefficient (Wildman–Crippen LogP) is 0.698. The normalized spacial score (nSPS) is 10.9. The topological polar surface area (TPSA) is 84.3 Å². The lowest BCUT2D eigenvalue weighted by molar-refractivity contribution is 0.795. The van der Waals surface area contributed by atoms with E-state index in [0.29, 0.717) is 12.5 Å². The summed E-state index contributed by atoms with van der Waals surface area (Å²) < 4.78 is 1.74. The number of fused-ring (bicyclic) bond motifs is 1. The molecule has 3 rings (SSSR count). The fourth-order valence-electron chi connectivity index (χ4n) is 1.58. The van der Waals surface area contributed by atoms with Gasteiger partial charge in [0.25, 0.3) is 0 Å². The van der Waals surface area contributed by atoms with Crippen molar-refractivity contribution in [2.45, 2.75) is 6.54 Å². The van der Waals surface area contributed by atoms with Gasteiger partial charge in [0, 0.05) is 19.4 Å². The van der Waals surface area contributed by atoms with Crippen LogP contribution in [0.5, 0.6) is 0 Å². The summed E-state index contributed by atoms with van der Waals surface area (Å²) in [6.07, 6.45) is 6.96. The molecular weight excluding hydrogens is 218 g/mol. The first kappa shape index (κ1) is 9.76. The molecule has 0 unspecified atom stereocenters. The quantitative estimate of drug-likeness (QED) is 0.690. The SMILES string of the molecule is Cn1ncc2nc(NCc3ncc[nH]3)ncc21. The molecule has 0 amide bonds. The third-order valence-electron chi connectivity index (χ3n) is 2.47. The number of rotatable bonds is 3. The molecule has 0 saturated heterocycles. The summed E-state index contributed by atoms with van der Waals surface area (Å²) in [5, 5.41) is 7.21. The number of hydrogen-bond donors (Lipinski definition) is 2. The van der Waals surface area contributed by atoms with Crippen LogP contribution in [0.15, 0.2) is 24.8 Å². The van der Waals surface area contributed by atoms with Gasteiger partial charge in [-0.2, -0.15) is 5.10 Å². The van der Waals surface area contributed by atoms with Crippen LogP contribution < -0.4 is 5.32 Å². The average Bonchev–Trinajstić information content (AvgIpc) is 2.97. The maximum Gasteiger partial charge on any atom is 0.223 e. The van der Waals surface area contributed by atoms with Crippen LogP contribution in [0.3, 0.4) is 0 Å². The molecule has 3 heterocycles. The molecule has 17 heavy (non-hydrogen) atoms. The van der Waals surface area contributed by atoms with Gasteiger partial charge in [-0.15, -0.1) is 0 Å². The summed E-state index contributed by atoms with van der Waals surface area (Å²) in [5.74, 6) is 1.42. The third kappa shape index (κ3) is 1.82. The van der Waals surface area contributed by atoms with Gasteiger partial charge < -0.3 is 10.3 Å². The Bertz CT molecular complexity index is 625. The number of aromatic nitrogens is 6. The molecule has 0 fully saturated rings. The molecule has 0 saturated carbocycles. The van der Waals surface area contributed by atoms with Gasteiger partial charge in [-0.1, -0.05) is 0 Å². The van der Waals surface area contributed by atoms with E-state index in [1.54, 1.807) is 29.5 Å². The number of aromatic amines is 1. The largest absolute Gasteiger partial charge is 0.347 e. The molecule has 3 aromatic rings. The lowest BCUT2D eigenvalue weighted by Crippen LogP contribution is -2.04. The van der Waals surface area contributed by atoms with E-state index in [0.717, 1.165) is 16.9 Å². The van der Waals surface area contributed by atoms with E-state index in [4.69, 9.17) is 0 Å². The zero-order valence-electron chi connectivity index (χ0n) is 9.25. The molecule has 0 aliphatic heterocycles. The fraction of sp³-hybridized carbons (Fsp3) is 0.200. The first-order chi connectivity index (χ1) is 8.33. The molecular formula is C10H11N7. The highest BCUT2D eigenvalue weighted by atomic mass is 15.3. The molecule has 0 atom stereocenters. The maximum atomic E-state index is 4.35. The Kier molecular flexibility index (Phi) is 2.21. The first-order valence-electron chi connectivity index (χ1n) is 5.20. The van der Waals surface area contributed by atoms with Crippen LogP contribution in [0.4, 0.5) is 5.95 Å². The van der Waals surface area contributed by atoms with Gasteiger partial charge in [0.1, 0.15) is 16.9 Å². The zero-order valence-corrected chi connectivity index (χ0v) is 9.25. The van der Waals surface area contributed by atoms with Crippen molar-refractivity contribution in [1.29, 1.82) is 0 Å². The first-order valence-corrected chi connectivity index (χ1v) is 5.20. The number of aryl methyl sites for hydroxylation is 1. The van der Waals surface area contributed by atoms with Gasteiger partial charge in [-0.05, 0) is 0 Å². The Morgan fingerprint density at radius 2 is 2.29 bits per heavy atom. The van der Waals surface area contributed by atoms with Crippen molar-refractivity contribution in [3.8, 4) is 0 Å². The molecule has 7 heteroatoms. The highest BCUT2D eigenvalue weighted by Crippen LogP contribution is 2.10. The van der Waals surface area contributed by atoms with Crippen LogP contribution in [0.1, 0.15) is 5.82 Å². The monoisotopic (exact) mass is 229 g/mol. The fourth-order valence-corrected chi connectivity index (χ4v) is 1.58. The number of anilines is 1. The van der Waals surface area contributed by atoms with Gasteiger partial charge in [0.15, 0.2) is 0 Å². The van der Waals surface area contributed by atoms with E-state index in [1.165, 1.54) is 0 Å². The number of H-pyrrole nitrogens is 1. The maximum absolute atomic E-state index is 4.35. The third-order valence-corrected chi connectivity index (χ3v) is 2.47.